The highest BCUT2D eigenvalue weighted by Crippen LogP contribution is 2.34. The molecule has 5 rings (SSSR count). The Labute approximate surface area is 150 Å². The molecule has 7 nitrogen and oxygen atoms in total. The zero-order valence-corrected chi connectivity index (χ0v) is 14.6. The summed E-state index contributed by atoms with van der Waals surface area (Å²) >= 11 is 0. The SMILES string of the molecule is Cn1cc(-c2cc3c(cn2)[nH]c2nccc(OC4CCCNC4)c23)cn1. The number of ether oxygens (including phenoxy) is 1. The number of nitrogens with one attached hydrogen (secondary N) is 2. The topological polar surface area (TPSA) is 80.7 Å². The summed E-state index contributed by atoms with van der Waals surface area (Å²) < 4.78 is 8.11. The Kier molecular flexibility index (Phi) is 3.60. The molecule has 4 aromatic rings. The Balaban J connectivity index is 1.63. The largest absolute Gasteiger partial charge is 0.488 e. The Hall–Kier alpha value is -2.93. The van der Waals surface area contributed by atoms with Crippen molar-refractivity contribution in [3.05, 3.63) is 36.9 Å². The molecule has 0 spiro atoms. The first-order valence-electron chi connectivity index (χ1n) is 8.91. The van der Waals surface area contributed by atoms with E-state index in [1.165, 1.54) is 0 Å². The molecule has 5 heterocycles. The number of hydrogen-bond acceptors (Lipinski definition) is 5. The van der Waals surface area contributed by atoms with Gasteiger partial charge in [-0.1, -0.05) is 0 Å². The fourth-order valence-electron chi connectivity index (χ4n) is 3.60. The van der Waals surface area contributed by atoms with E-state index in [2.05, 4.69) is 31.4 Å². The molecule has 1 fully saturated rings. The van der Waals surface area contributed by atoms with E-state index in [4.69, 9.17) is 4.74 Å². The summed E-state index contributed by atoms with van der Waals surface area (Å²) in [6, 6.07) is 4.03. The van der Waals surface area contributed by atoms with Crippen molar-refractivity contribution in [3.63, 3.8) is 0 Å². The molecular weight excluding hydrogens is 328 g/mol. The fourth-order valence-corrected chi connectivity index (χ4v) is 3.60. The number of nitrogens with zero attached hydrogens (tertiary/aromatic N) is 4. The number of H-pyrrole nitrogens is 1. The van der Waals surface area contributed by atoms with Gasteiger partial charge in [-0.15, -0.1) is 0 Å². The van der Waals surface area contributed by atoms with Crippen molar-refractivity contribution in [2.24, 2.45) is 7.05 Å². The summed E-state index contributed by atoms with van der Waals surface area (Å²) in [5, 5.41) is 9.73. The van der Waals surface area contributed by atoms with E-state index in [0.29, 0.717) is 0 Å². The minimum Gasteiger partial charge on any atom is -0.488 e. The molecule has 7 heteroatoms. The Morgan fingerprint density at radius 1 is 1.27 bits per heavy atom. The van der Waals surface area contributed by atoms with Gasteiger partial charge in [0.25, 0.3) is 0 Å². The number of pyridine rings is 2. The van der Waals surface area contributed by atoms with Crippen LogP contribution in [0.5, 0.6) is 5.75 Å². The van der Waals surface area contributed by atoms with Gasteiger partial charge < -0.3 is 15.0 Å². The van der Waals surface area contributed by atoms with Crippen molar-refractivity contribution < 1.29 is 4.74 Å². The molecule has 0 aromatic carbocycles. The van der Waals surface area contributed by atoms with E-state index >= 15 is 0 Å². The van der Waals surface area contributed by atoms with E-state index in [1.54, 1.807) is 10.9 Å². The lowest BCUT2D eigenvalue weighted by Gasteiger charge is -2.24. The molecule has 0 radical (unpaired) electrons. The highest BCUT2D eigenvalue weighted by Gasteiger charge is 2.18. The van der Waals surface area contributed by atoms with Crippen molar-refractivity contribution in [2.75, 3.05) is 13.1 Å². The van der Waals surface area contributed by atoms with Gasteiger partial charge in [0.15, 0.2) is 0 Å². The van der Waals surface area contributed by atoms with Crippen molar-refractivity contribution in [1.82, 2.24) is 30.0 Å². The quantitative estimate of drug-likeness (QED) is 0.595. The third-order valence-electron chi connectivity index (χ3n) is 4.89. The van der Waals surface area contributed by atoms with Gasteiger partial charge in [-0.05, 0) is 31.5 Å². The molecule has 0 aliphatic carbocycles. The van der Waals surface area contributed by atoms with Crippen LogP contribution in [-0.4, -0.2) is 43.9 Å². The van der Waals surface area contributed by atoms with Crippen LogP contribution in [0.1, 0.15) is 12.8 Å². The van der Waals surface area contributed by atoms with Crippen molar-refractivity contribution in [1.29, 1.82) is 0 Å². The van der Waals surface area contributed by atoms with Gasteiger partial charge >= 0.3 is 0 Å². The van der Waals surface area contributed by atoms with Gasteiger partial charge in [0.1, 0.15) is 17.5 Å². The van der Waals surface area contributed by atoms with Crippen LogP contribution in [0.4, 0.5) is 0 Å². The predicted octanol–water partition coefficient (Wildman–Crippen LogP) is 2.64. The summed E-state index contributed by atoms with van der Waals surface area (Å²) in [7, 11) is 1.90. The van der Waals surface area contributed by atoms with Crippen LogP contribution >= 0.6 is 0 Å². The van der Waals surface area contributed by atoms with Gasteiger partial charge in [0.05, 0.1) is 29.0 Å². The van der Waals surface area contributed by atoms with Crippen molar-refractivity contribution in [2.45, 2.75) is 18.9 Å². The summed E-state index contributed by atoms with van der Waals surface area (Å²) in [5.41, 5.74) is 3.66. The Bertz CT molecular complexity index is 1080. The number of piperidine rings is 1. The average molecular weight is 348 g/mol. The van der Waals surface area contributed by atoms with Crippen LogP contribution in [0.15, 0.2) is 36.9 Å². The molecular formula is C19H20N6O. The number of aryl methyl sites for hydroxylation is 1. The molecule has 0 amide bonds. The highest BCUT2D eigenvalue weighted by molar-refractivity contribution is 6.09. The minimum atomic E-state index is 0.193. The molecule has 2 N–H and O–H groups in total. The molecule has 4 aromatic heterocycles. The van der Waals surface area contributed by atoms with E-state index in [0.717, 1.165) is 64.9 Å². The average Bonchev–Trinajstić information content (AvgIpc) is 3.26. The first-order valence-corrected chi connectivity index (χ1v) is 8.91. The van der Waals surface area contributed by atoms with Crippen LogP contribution in [-0.2, 0) is 7.05 Å². The summed E-state index contributed by atoms with van der Waals surface area (Å²) in [6.07, 6.45) is 9.84. The third-order valence-corrected chi connectivity index (χ3v) is 4.89. The molecule has 26 heavy (non-hydrogen) atoms. The lowest BCUT2D eigenvalue weighted by atomic mass is 10.1. The third kappa shape index (κ3) is 2.61. The first kappa shape index (κ1) is 15.3. The van der Waals surface area contributed by atoms with Crippen LogP contribution in [0.2, 0.25) is 0 Å². The summed E-state index contributed by atoms with van der Waals surface area (Å²) in [6.45, 7) is 1.95. The maximum Gasteiger partial charge on any atom is 0.142 e. The Morgan fingerprint density at radius 3 is 3.04 bits per heavy atom. The molecule has 132 valence electrons. The second-order valence-electron chi connectivity index (χ2n) is 6.76. The first-order chi connectivity index (χ1) is 12.8. The smallest absolute Gasteiger partial charge is 0.142 e. The zero-order chi connectivity index (χ0) is 17.5. The van der Waals surface area contributed by atoms with Gasteiger partial charge in [-0.3, -0.25) is 9.67 Å². The molecule has 1 unspecified atom stereocenters. The van der Waals surface area contributed by atoms with Gasteiger partial charge in [0, 0.05) is 36.9 Å². The number of fused-ring (bicyclic) bond motifs is 3. The second kappa shape index (κ2) is 6.10. The van der Waals surface area contributed by atoms with Gasteiger partial charge in [-0.2, -0.15) is 5.10 Å². The van der Waals surface area contributed by atoms with Crippen molar-refractivity contribution in [3.8, 4) is 17.0 Å². The molecule has 0 bridgehead atoms. The van der Waals surface area contributed by atoms with E-state index < -0.39 is 0 Å². The maximum atomic E-state index is 6.33. The molecule has 1 aliphatic heterocycles. The van der Waals surface area contributed by atoms with Crippen LogP contribution in [0.3, 0.4) is 0 Å². The predicted molar refractivity (Wildman–Crippen MR) is 100 cm³/mol. The molecule has 1 saturated heterocycles. The maximum absolute atomic E-state index is 6.33. The lowest BCUT2D eigenvalue weighted by molar-refractivity contribution is 0.169. The van der Waals surface area contributed by atoms with Gasteiger partial charge in [-0.25, -0.2) is 4.98 Å². The van der Waals surface area contributed by atoms with Crippen LogP contribution in [0, 0.1) is 0 Å². The molecule has 1 aliphatic rings. The summed E-state index contributed by atoms with van der Waals surface area (Å²) in [4.78, 5) is 12.4. The zero-order valence-electron chi connectivity index (χ0n) is 14.6. The highest BCUT2D eigenvalue weighted by atomic mass is 16.5. The van der Waals surface area contributed by atoms with Crippen molar-refractivity contribution >= 4 is 21.9 Å². The standard InChI is InChI=1S/C19H20N6O/c1-25-11-12(8-23-25)15-7-14-16(10-22-15)24-19-18(14)17(4-6-21-19)26-13-3-2-5-20-9-13/h4,6-8,10-11,13,20H,2-3,5,9H2,1H3,(H,21,24). The molecule has 1 atom stereocenters. The van der Waals surface area contributed by atoms with Crippen LogP contribution < -0.4 is 10.1 Å². The van der Waals surface area contributed by atoms with E-state index in [-0.39, 0.29) is 6.10 Å². The summed E-state index contributed by atoms with van der Waals surface area (Å²) in [5.74, 6) is 0.873. The monoisotopic (exact) mass is 348 g/mol. The number of aromatic amines is 1. The number of aromatic nitrogens is 5. The lowest BCUT2D eigenvalue weighted by Crippen LogP contribution is -2.37. The fraction of sp³-hybridized carbons (Fsp3) is 0.316. The van der Waals surface area contributed by atoms with E-state index in [9.17, 15) is 0 Å². The number of rotatable bonds is 3. The minimum absolute atomic E-state index is 0.193. The number of hydrogen-bond donors (Lipinski definition) is 2. The normalized spacial score (nSPS) is 17.8. The van der Waals surface area contributed by atoms with E-state index in [1.807, 2.05) is 31.7 Å². The van der Waals surface area contributed by atoms with Gasteiger partial charge in [0.2, 0.25) is 0 Å². The second-order valence-corrected chi connectivity index (χ2v) is 6.76. The Morgan fingerprint density at radius 2 is 2.23 bits per heavy atom. The molecule has 0 saturated carbocycles. The van der Waals surface area contributed by atoms with Crippen LogP contribution in [0.25, 0.3) is 33.2 Å².